The minimum atomic E-state index is -0.867. The SMILES string of the molecule is Fc1ccc(-c2nc([C@@H]3CCCN3)cs2)c(Br)c1F. The summed E-state index contributed by atoms with van der Waals surface area (Å²) < 4.78 is 26.8. The molecule has 0 spiro atoms. The van der Waals surface area contributed by atoms with E-state index in [9.17, 15) is 8.78 Å². The van der Waals surface area contributed by atoms with E-state index in [0.29, 0.717) is 10.6 Å². The number of aromatic nitrogens is 1. The maximum absolute atomic E-state index is 13.5. The predicted octanol–water partition coefficient (Wildman–Crippen LogP) is 4.28. The third-order valence-electron chi connectivity index (χ3n) is 3.20. The van der Waals surface area contributed by atoms with Gasteiger partial charge in [0, 0.05) is 10.9 Å². The van der Waals surface area contributed by atoms with Gasteiger partial charge < -0.3 is 5.32 Å². The standard InChI is InChI=1S/C13H11BrF2N2S/c14-11-7(3-4-8(15)12(11)16)13-18-10(6-19-13)9-2-1-5-17-9/h3-4,6,9,17H,1-2,5H2/t9-/m0/s1. The van der Waals surface area contributed by atoms with Gasteiger partial charge in [-0.3, -0.25) is 0 Å². The molecule has 1 fully saturated rings. The molecule has 0 aliphatic carbocycles. The van der Waals surface area contributed by atoms with Gasteiger partial charge in [-0.1, -0.05) is 0 Å². The van der Waals surface area contributed by atoms with Crippen LogP contribution in [0.15, 0.2) is 22.0 Å². The normalized spacial score (nSPS) is 19.0. The average molecular weight is 345 g/mol. The van der Waals surface area contributed by atoms with Gasteiger partial charge in [-0.05, 0) is 47.4 Å². The first kappa shape index (κ1) is 13.1. The first-order chi connectivity index (χ1) is 9.16. The van der Waals surface area contributed by atoms with Crippen LogP contribution in [0, 0.1) is 11.6 Å². The highest BCUT2D eigenvalue weighted by molar-refractivity contribution is 9.10. The zero-order chi connectivity index (χ0) is 13.4. The summed E-state index contributed by atoms with van der Waals surface area (Å²) >= 11 is 4.54. The van der Waals surface area contributed by atoms with Gasteiger partial charge in [-0.15, -0.1) is 11.3 Å². The summed E-state index contributed by atoms with van der Waals surface area (Å²) in [4.78, 5) is 4.53. The lowest BCUT2D eigenvalue weighted by Gasteiger charge is -2.06. The number of benzene rings is 1. The van der Waals surface area contributed by atoms with Crippen LogP contribution in [-0.2, 0) is 0 Å². The van der Waals surface area contributed by atoms with Crippen molar-refractivity contribution in [3.05, 3.63) is 39.3 Å². The van der Waals surface area contributed by atoms with Crippen LogP contribution in [0.25, 0.3) is 10.6 Å². The van der Waals surface area contributed by atoms with Gasteiger partial charge in [-0.2, -0.15) is 0 Å². The van der Waals surface area contributed by atoms with E-state index in [4.69, 9.17) is 0 Å². The molecule has 0 amide bonds. The fourth-order valence-electron chi connectivity index (χ4n) is 2.20. The third kappa shape index (κ3) is 2.44. The summed E-state index contributed by atoms with van der Waals surface area (Å²) in [6, 6.07) is 2.96. The van der Waals surface area contributed by atoms with Crippen LogP contribution in [0.3, 0.4) is 0 Å². The van der Waals surface area contributed by atoms with Gasteiger partial charge >= 0.3 is 0 Å². The molecule has 1 atom stereocenters. The molecule has 1 aliphatic rings. The molecule has 100 valence electrons. The van der Waals surface area contributed by atoms with E-state index in [-0.39, 0.29) is 10.5 Å². The summed E-state index contributed by atoms with van der Waals surface area (Å²) in [5.74, 6) is -1.72. The van der Waals surface area contributed by atoms with Crippen molar-refractivity contribution in [1.29, 1.82) is 0 Å². The van der Waals surface area contributed by atoms with Crippen LogP contribution in [-0.4, -0.2) is 11.5 Å². The molecule has 0 saturated carbocycles. The molecule has 2 heterocycles. The quantitative estimate of drug-likeness (QED) is 0.822. The Morgan fingerprint density at radius 3 is 2.95 bits per heavy atom. The minimum absolute atomic E-state index is 0.132. The Morgan fingerprint density at radius 2 is 2.21 bits per heavy atom. The molecule has 0 bridgehead atoms. The highest BCUT2D eigenvalue weighted by Gasteiger charge is 2.21. The lowest BCUT2D eigenvalue weighted by Crippen LogP contribution is -2.12. The van der Waals surface area contributed by atoms with Crippen molar-refractivity contribution in [3.63, 3.8) is 0 Å². The summed E-state index contributed by atoms with van der Waals surface area (Å²) in [6.45, 7) is 1.01. The van der Waals surface area contributed by atoms with Crippen LogP contribution >= 0.6 is 27.3 Å². The van der Waals surface area contributed by atoms with E-state index >= 15 is 0 Å². The van der Waals surface area contributed by atoms with E-state index in [1.54, 1.807) is 6.07 Å². The largest absolute Gasteiger partial charge is 0.309 e. The number of nitrogens with zero attached hydrogens (tertiary/aromatic N) is 1. The number of thiazole rings is 1. The molecule has 0 radical (unpaired) electrons. The van der Waals surface area contributed by atoms with Crippen LogP contribution in [0.2, 0.25) is 0 Å². The molecule has 0 unspecified atom stereocenters. The van der Waals surface area contributed by atoms with Crippen LogP contribution in [0.5, 0.6) is 0 Å². The van der Waals surface area contributed by atoms with Crippen molar-refractivity contribution in [3.8, 4) is 10.6 Å². The van der Waals surface area contributed by atoms with Gasteiger partial charge in [0.1, 0.15) is 5.01 Å². The van der Waals surface area contributed by atoms with E-state index in [0.717, 1.165) is 31.1 Å². The van der Waals surface area contributed by atoms with E-state index < -0.39 is 11.6 Å². The summed E-state index contributed by atoms with van der Waals surface area (Å²) in [5.41, 5.74) is 1.57. The first-order valence-corrected chi connectivity index (χ1v) is 7.67. The van der Waals surface area contributed by atoms with Gasteiger partial charge in [0.2, 0.25) is 0 Å². The zero-order valence-electron chi connectivity index (χ0n) is 9.92. The topological polar surface area (TPSA) is 24.9 Å². The number of hydrogen-bond donors (Lipinski definition) is 1. The molecule has 1 aromatic heterocycles. The van der Waals surface area contributed by atoms with Gasteiger partial charge in [0.25, 0.3) is 0 Å². The fraction of sp³-hybridized carbons (Fsp3) is 0.308. The lowest BCUT2D eigenvalue weighted by atomic mass is 10.2. The number of nitrogens with one attached hydrogen (secondary N) is 1. The Kier molecular flexibility index (Phi) is 3.64. The molecule has 1 N–H and O–H groups in total. The third-order valence-corrected chi connectivity index (χ3v) is 4.87. The van der Waals surface area contributed by atoms with E-state index in [1.165, 1.54) is 11.3 Å². The van der Waals surface area contributed by atoms with Crippen LogP contribution in [0.1, 0.15) is 24.6 Å². The second kappa shape index (κ2) is 5.26. The highest BCUT2D eigenvalue weighted by Crippen LogP contribution is 2.35. The first-order valence-electron chi connectivity index (χ1n) is 5.99. The fourth-order valence-corrected chi connectivity index (χ4v) is 3.74. The molecule has 2 nitrogen and oxygen atoms in total. The number of halogens is 3. The Morgan fingerprint density at radius 1 is 1.37 bits per heavy atom. The maximum atomic E-state index is 13.5. The molecular formula is C13H11BrF2N2S. The Hall–Kier alpha value is -0.850. The molecule has 6 heteroatoms. The van der Waals surface area contributed by atoms with Crippen molar-refractivity contribution < 1.29 is 8.78 Å². The molecule has 1 saturated heterocycles. The van der Waals surface area contributed by atoms with Gasteiger partial charge in [0.15, 0.2) is 11.6 Å². The smallest absolute Gasteiger partial charge is 0.173 e. The highest BCUT2D eigenvalue weighted by atomic mass is 79.9. The summed E-state index contributed by atoms with van der Waals surface area (Å²) in [5, 5.41) is 6.05. The minimum Gasteiger partial charge on any atom is -0.309 e. The Labute approximate surface area is 122 Å². The molecule has 3 rings (SSSR count). The predicted molar refractivity (Wildman–Crippen MR) is 75.1 cm³/mol. The zero-order valence-corrected chi connectivity index (χ0v) is 12.3. The molecule has 2 aromatic rings. The molecular weight excluding hydrogens is 334 g/mol. The number of rotatable bonds is 2. The Bertz CT molecular complexity index is 609. The van der Waals surface area contributed by atoms with E-state index in [1.807, 2.05) is 5.38 Å². The summed E-state index contributed by atoms with van der Waals surface area (Å²) in [6.07, 6.45) is 2.22. The number of hydrogen-bond acceptors (Lipinski definition) is 3. The van der Waals surface area contributed by atoms with E-state index in [2.05, 4.69) is 26.2 Å². The Balaban J connectivity index is 1.96. The van der Waals surface area contributed by atoms with Crippen molar-refractivity contribution in [2.75, 3.05) is 6.54 Å². The van der Waals surface area contributed by atoms with Gasteiger partial charge in [0.05, 0.1) is 16.2 Å². The van der Waals surface area contributed by atoms with Crippen LogP contribution in [0.4, 0.5) is 8.78 Å². The van der Waals surface area contributed by atoms with Crippen molar-refractivity contribution in [2.45, 2.75) is 18.9 Å². The summed E-state index contributed by atoms with van der Waals surface area (Å²) in [7, 11) is 0. The van der Waals surface area contributed by atoms with Gasteiger partial charge in [-0.25, -0.2) is 13.8 Å². The molecule has 1 aliphatic heterocycles. The van der Waals surface area contributed by atoms with Crippen molar-refractivity contribution >= 4 is 27.3 Å². The molecule has 1 aromatic carbocycles. The second-order valence-corrected chi connectivity index (χ2v) is 6.10. The lowest BCUT2D eigenvalue weighted by molar-refractivity contribution is 0.504. The monoisotopic (exact) mass is 344 g/mol. The molecule has 19 heavy (non-hydrogen) atoms. The second-order valence-electron chi connectivity index (χ2n) is 4.45. The average Bonchev–Trinajstić information content (AvgIpc) is 3.06. The van der Waals surface area contributed by atoms with Crippen molar-refractivity contribution in [1.82, 2.24) is 10.3 Å². The maximum Gasteiger partial charge on any atom is 0.173 e. The van der Waals surface area contributed by atoms with Crippen LogP contribution < -0.4 is 5.32 Å². The van der Waals surface area contributed by atoms with Crippen molar-refractivity contribution in [2.24, 2.45) is 0 Å².